The molecule has 0 amide bonds. The van der Waals surface area contributed by atoms with Gasteiger partial charge in [0.05, 0.1) is 6.61 Å². The summed E-state index contributed by atoms with van der Waals surface area (Å²) in [6.45, 7) is 4.32. The van der Waals surface area contributed by atoms with E-state index in [1.54, 1.807) is 0 Å². The van der Waals surface area contributed by atoms with E-state index < -0.39 is 0 Å². The van der Waals surface area contributed by atoms with Crippen molar-refractivity contribution >= 4 is 0 Å². The number of nitrogens with zero attached hydrogens (tertiary/aromatic N) is 1. The van der Waals surface area contributed by atoms with Gasteiger partial charge in [0.15, 0.2) is 0 Å². The molecule has 3 aliphatic heterocycles. The SMILES string of the molecule is CCN(C1CC2CCC(C1)N2)C1CCOc2ccccc21. The highest BCUT2D eigenvalue weighted by Crippen LogP contribution is 2.40. The molecule has 3 aliphatic rings. The normalized spacial score (nSPS) is 34.6. The molecule has 1 N–H and O–H groups in total. The van der Waals surface area contributed by atoms with Crippen LogP contribution in [0.5, 0.6) is 5.75 Å². The molecule has 0 spiro atoms. The van der Waals surface area contributed by atoms with Crippen molar-refractivity contribution in [2.45, 2.75) is 63.2 Å². The fourth-order valence-corrected chi connectivity index (χ4v) is 4.70. The molecule has 3 nitrogen and oxygen atoms in total. The Morgan fingerprint density at radius 2 is 1.90 bits per heavy atom. The zero-order chi connectivity index (χ0) is 14.2. The van der Waals surface area contributed by atoms with Crippen LogP contribution in [0.4, 0.5) is 0 Å². The van der Waals surface area contributed by atoms with Gasteiger partial charge >= 0.3 is 0 Å². The molecule has 2 bridgehead atoms. The molecule has 4 rings (SSSR count). The molecule has 3 unspecified atom stereocenters. The standard InChI is InChI=1S/C18H26N2O/c1-2-20(15-11-13-7-8-14(12-15)19-13)17-9-10-21-18-6-4-3-5-16(17)18/h3-6,13-15,17,19H,2,7-12H2,1H3. The number of rotatable bonds is 3. The zero-order valence-corrected chi connectivity index (χ0v) is 12.9. The number of para-hydroxylation sites is 1. The minimum Gasteiger partial charge on any atom is -0.493 e. The lowest BCUT2D eigenvalue weighted by Crippen LogP contribution is -2.49. The highest BCUT2D eigenvalue weighted by molar-refractivity contribution is 5.37. The quantitative estimate of drug-likeness (QED) is 0.924. The smallest absolute Gasteiger partial charge is 0.124 e. The predicted octanol–water partition coefficient (Wildman–Crippen LogP) is 3.12. The average Bonchev–Trinajstić information content (AvgIpc) is 2.87. The second-order valence-electron chi connectivity index (χ2n) is 6.78. The molecule has 3 atom stereocenters. The first-order chi connectivity index (χ1) is 10.3. The molecule has 2 saturated heterocycles. The molecule has 114 valence electrons. The van der Waals surface area contributed by atoms with E-state index in [4.69, 9.17) is 4.74 Å². The number of hydrogen-bond donors (Lipinski definition) is 1. The van der Waals surface area contributed by atoms with Gasteiger partial charge < -0.3 is 10.1 Å². The van der Waals surface area contributed by atoms with Crippen molar-refractivity contribution in [1.82, 2.24) is 10.2 Å². The molecule has 3 heterocycles. The van der Waals surface area contributed by atoms with Crippen LogP contribution in [0.1, 0.15) is 50.6 Å². The minimum absolute atomic E-state index is 0.544. The third-order valence-electron chi connectivity index (χ3n) is 5.61. The van der Waals surface area contributed by atoms with Crippen molar-refractivity contribution in [3.05, 3.63) is 29.8 Å². The van der Waals surface area contributed by atoms with Crippen LogP contribution in [-0.2, 0) is 0 Å². The molecule has 21 heavy (non-hydrogen) atoms. The monoisotopic (exact) mass is 286 g/mol. The fourth-order valence-electron chi connectivity index (χ4n) is 4.70. The van der Waals surface area contributed by atoms with Crippen LogP contribution in [-0.4, -0.2) is 36.2 Å². The molecule has 0 aliphatic carbocycles. The summed E-state index contributed by atoms with van der Waals surface area (Å²) < 4.78 is 5.85. The molecule has 0 radical (unpaired) electrons. The minimum atomic E-state index is 0.544. The second-order valence-corrected chi connectivity index (χ2v) is 6.78. The Morgan fingerprint density at radius 1 is 1.14 bits per heavy atom. The van der Waals surface area contributed by atoms with E-state index in [1.165, 1.54) is 31.2 Å². The van der Waals surface area contributed by atoms with Crippen LogP contribution in [0.2, 0.25) is 0 Å². The number of hydrogen-bond acceptors (Lipinski definition) is 3. The summed E-state index contributed by atoms with van der Waals surface area (Å²) in [5.41, 5.74) is 1.40. The van der Waals surface area contributed by atoms with E-state index in [0.717, 1.165) is 43.4 Å². The van der Waals surface area contributed by atoms with E-state index in [1.807, 2.05) is 0 Å². The first-order valence-corrected chi connectivity index (χ1v) is 8.58. The lowest BCUT2D eigenvalue weighted by atomic mass is 9.92. The molecule has 1 aromatic rings. The van der Waals surface area contributed by atoms with Crippen molar-refractivity contribution < 1.29 is 4.74 Å². The molecule has 0 saturated carbocycles. The van der Waals surface area contributed by atoms with Gasteiger partial charge in [-0.1, -0.05) is 25.1 Å². The van der Waals surface area contributed by atoms with Crippen LogP contribution < -0.4 is 10.1 Å². The fraction of sp³-hybridized carbons (Fsp3) is 0.667. The van der Waals surface area contributed by atoms with E-state index >= 15 is 0 Å². The summed E-state index contributed by atoms with van der Waals surface area (Å²) in [6.07, 6.45) is 6.53. The van der Waals surface area contributed by atoms with Crippen LogP contribution in [0, 0.1) is 0 Å². The van der Waals surface area contributed by atoms with Gasteiger partial charge in [0.25, 0.3) is 0 Å². The van der Waals surface area contributed by atoms with Gasteiger partial charge in [-0.15, -0.1) is 0 Å². The zero-order valence-electron chi connectivity index (χ0n) is 12.9. The second kappa shape index (κ2) is 5.62. The number of fused-ring (bicyclic) bond motifs is 3. The molecule has 0 aromatic heterocycles. The predicted molar refractivity (Wildman–Crippen MR) is 84.6 cm³/mol. The van der Waals surface area contributed by atoms with Gasteiger partial charge in [-0.3, -0.25) is 4.90 Å². The van der Waals surface area contributed by atoms with Crippen molar-refractivity contribution in [2.75, 3.05) is 13.2 Å². The van der Waals surface area contributed by atoms with Crippen molar-refractivity contribution in [2.24, 2.45) is 0 Å². The Hall–Kier alpha value is -1.06. The Kier molecular flexibility index (Phi) is 3.64. The van der Waals surface area contributed by atoms with Crippen molar-refractivity contribution in [3.8, 4) is 5.75 Å². The maximum absolute atomic E-state index is 5.85. The van der Waals surface area contributed by atoms with Gasteiger partial charge in [0, 0.05) is 36.2 Å². The summed E-state index contributed by atoms with van der Waals surface area (Å²) in [5, 5.41) is 3.77. The Labute approximate surface area is 127 Å². The summed E-state index contributed by atoms with van der Waals surface area (Å²) in [4.78, 5) is 2.76. The maximum Gasteiger partial charge on any atom is 0.124 e. The first kappa shape index (κ1) is 13.6. The highest BCUT2D eigenvalue weighted by Gasteiger charge is 2.38. The molecule has 3 heteroatoms. The number of benzene rings is 1. The Morgan fingerprint density at radius 3 is 2.67 bits per heavy atom. The van der Waals surface area contributed by atoms with Gasteiger partial charge in [0.2, 0.25) is 0 Å². The Balaban J connectivity index is 1.59. The van der Waals surface area contributed by atoms with E-state index in [2.05, 4.69) is 41.4 Å². The summed E-state index contributed by atoms with van der Waals surface area (Å²) in [7, 11) is 0. The average molecular weight is 286 g/mol. The number of nitrogens with one attached hydrogen (secondary N) is 1. The van der Waals surface area contributed by atoms with Gasteiger partial charge in [-0.2, -0.15) is 0 Å². The van der Waals surface area contributed by atoms with E-state index in [-0.39, 0.29) is 0 Å². The van der Waals surface area contributed by atoms with Gasteiger partial charge in [-0.05, 0) is 38.3 Å². The largest absolute Gasteiger partial charge is 0.493 e. The summed E-state index contributed by atoms with van der Waals surface area (Å²) in [6, 6.07) is 11.4. The molecular formula is C18H26N2O. The van der Waals surface area contributed by atoms with Crippen LogP contribution >= 0.6 is 0 Å². The summed E-state index contributed by atoms with van der Waals surface area (Å²) in [5.74, 6) is 1.10. The van der Waals surface area contributed by atoms with Crippen LogP contribution in [0.3, 0.4) is 0 Å². The molecule has 1 aromatic carbocycles. The summed E-state index contributed by atoms with van der Waals surface area (Å²) >= 11 is 0. The van der Waals surface area contributed by atoms with Crippen molar-refractivity contribution in [1.29, 1.82) is 0 Å². The topological polar surface area (TPSA) is 24.5 Å². The third-order valence-corrected chi connectivity index (χ3v) is 5.61. The van der Waals surface area contributed by atoms with Crippen LogP contribution in [0.15, 0.2) is 24.3 Å². The van der Waals surface area contributed by atoms with Crippen LogP contribution in [0.25, 0.3) is 0 Å². The number of piperidine rings is 1. The number of ether oxygens (including phenoxy) is 1. The van der Waals surface area contributed by atoms with E-state index in [0.29, 0.717) is 6.04 Å². The molecular weight excluding hydrogens is 260 g/mol. The third kappa shape index (κ3) is 2.47. The first-order valence-electron chi connectivity index (χ1n) is 8.58. The highest BCUT2D eigenvalue weighted by atomic mass is 16.5. The van der Waals surface area contributed by atoms with Gasteiger partial charge in [0.1, 0.15) is 5.75 Å². The lowest BCUT2D eigenvalue weighted by Gasteiger charge is -2.43. The maximum atomic E-state index is 5.85. The lowest BCUT2D eigenvalue weighted by molar-refractivity contribution is 0.0733. The molecule has 2 fully saturated rings. The Bertz CT molecular complexity index is 492. The van der Waals surface area contributed by atoms with Crippen molar-refractivity contribution in [3.63, 3.8) is 0 Å². The van der Waals surface area contributed by atoms with E-state index in [9.17, 15) is 0 Å². The van der Waals surface area contributed by atoms with Gasteiger partial charge in [-0.25, -0.2) is 0 Å².